The van der Waals surface area contributed by atoms with Crippen molar-refractivity contribution < 1.29 is 0 Å². The quantitative estimate of drug-likeness (QED) is 0.747. The molecule has 1 aromatic rings. The summed E-state index contributed by atoms with van der Waals surface area (Å²) in [6.45, 7) is 6.67. The molecule has 21 heavy (non-hydrogen) atoms. The van der Waals surface area contributed by atoms with Crippen molar-refractivity contribution >= 4 is 0 Å². The highest BCUT2D eigenvalue weighted by atomic mass is 15.3. The summed E-state index contributed by atoms with van der Waals surface area (Å²) in [6.07, 6.45) is 10.9. The molecule has 116 valence electrons. The second kappa shape index (κ2) is 7.11. The van der Waals surface area contributed by atoms with E-state index in [1.807, 2.05) is 0 Å². The zero-order valence-electron chi connectivity index (χ0n) is 13.8. The zero-order valence-corrected chi connectivity index (χ0v) is 13.8. The van der Waals surface area contributed by atoms with Gasteiger partial charge in [-0.25, -0.2) is 0 Å². The van der Waals surface area contributed by atoms with Gasteiger partial charge < -0.3 is 0 Å². The minimum Gasteiger partial charge on any atom is -0.269 e. The number of nitriles is 1. The van der Waals surface area contributed by atoms with Crippen molar-refractivity contribution in [2.75, 3.05) is 0 Å². The lowest BCUT2D eigenvalue weighted by molar-refractivity contribution is 0.192. The summed E-state index contributed by atoms with van der Waals surface area (Å²) in [5.74, 6) is 0.722. The number of rotatable bonds is 6. The maximum atomic E-state index is 9.74. The topological polar surface area (TPSA) is 41.6 Å². The van der Waals surface area contributed by atoms with Gasteiger partial charge in [0.25, 0.3) is 0 Å². The van der Waals surface area contributed by atoms with Crippen LogP contribution in [0.3, 0.4) is 0 Å². The molecule has 0 bridgehead atoms. The molecule has 0 aromatic carbocycles. The molecule has 0 spiro atoms. The number of hydrogen-bond acceptors (Lipinski definition) is 2. The van der Waals surface area contributed by atoms with E-state index >= 15 is 0 Å². The van der Waals surface area contributed by atoms with Crippen LogP contribution in [0.4, 0.5) is 0 Å². The molecule has 0 saturated heterocycles. The molecule has 0 radical (unpaired) electrons. The lowest BCUT2D eigenvalue weighted by Crippen LogP contribution is -2.29. The van der Waals surface area contributed by atoms with Gasteiger partial charge in [0.15, 0.2) is 0 Å². The summed E-state index contributed by atoms with van der Waals surface area (Å²) in [5, 5.41) is 14.5. The van der Waals surface area contributed by atoms with Crippen LogP contribution >= 0.6 is 0 Å². The van der Waals surface area contributed by atoms with Crippen LogP contribution < -0.4 is 0 Å². The van der Waals surface area contributed by atoms with E-state index in [0.29, 0.717) is 6.04 Å². The van der Waals surface area contributed by atoms with Gasteiger partial charge >= 0.3 is 0 Å². The predicted octanol–water partition coefficient (Wildman–Crippen LogP) is 4.90. The van der Waals surface area contributed by atoms with Gasteiger partial charge in [-0.05, 0) is 37.7 Å². The second-order valence-electron chi connectivity index (χ2n) is 6.70. The molecule has 3 nitrogen and oxygen atoms in total. The first kappa shape index (κ1) is 16.1. The van der Waals surface area contributed by atoms with Crippen molar-refractivity contribution in [3.8, 4) is 6.07 Å². The van der Waals surface area contributed by atoms with E-state index < -0.39 is 0 Å². The largest absolute Gasteiger partial charge is 0.269 e. The maximum Gasteiger partial charge on any atom is 0.0693 e. The third-order valence-corrected chi connectivity index (χ3v) is 5.26. The molecule has 1 saturated carbocycles. The summed E-state index contributed by atoms with van der Waals surface area (Å²) in [6, 6.07) is 5.26. The lowest BCUT2D eigenvalue weighted by atomic mass is 9.67. The molecule has 3 heteroatoms. The fourth-order valence-corrected chi connectivity index (χ4v) is 3.82. The lowest BCUT2D eigenvalue weighted by Gasteiger charge is -2.35. The Hall–Kier alpha value is -1.30. The summed E-state index contributed by atoms with van der Waals surface area (Å²) < 4.78 is 2.10. The number of hydrogen-bond donors (Lipinski definition) is 0. The minimum absolute atomic E-state index is 0.175. The number of aromatic nitrogens is 2. The van der Waals surface area contributed by atoms with E-state index in [-0.39, 0.29) is 5.41 Å². The fraction of sp³-hybridized carbons (Fsp3) is 0.778. The molecule has 2 atom stereocenters. The molecular formula is C18H29N3. The van der Waals surface area contributed by atoms with Crippen LogP contribution in [0.1, 0.15) is 77.5 Å². The summed E-state index contributed by atoms with van der Waals surface area (Å²) >= 11 is 0. The van der Waals surface area contributed by atoms with Crippen molar-refractivity contribution in [3.05, 3.63) is 18.0 Å². The Morgan fingerprint density at radius 2 is 2.19 bits per heavy atom. The van der Waals surface area contributed by atoms with Crippen molar-refractivity contribution in [3.63, 3.8) is 0 Å². The van der Waals surface area contributed by atoms with E-state index in [1.54, 1.807) is 0 Å². The second-order valence-corrected chi connectivity index (χ2v) is 6.70. The van der Waals surface area contributed by atoms with Crippen LogP contribution in [-0.2, 0) is 6.42 Å². The molecule has 1 fully saturated rings. The van der Waals surface area contributed by atoms with Crippen LogP contribution in [0.5, 0.6) is 0 Å². The number of nitrogens with zero attached hydrogens (tertiary/aromatic N) is 3. The van der Waals surface area contributed by atoms with Gasteiger partial charge in [0.2, 0.25) is 0 Å². The van der Waals surface area contributed by atoms with Gasteiger partial charge in [0.05, 0.1) is 23.2 Å². The normalized spacial score (nSPS) is 26.0. The van der Waals surface area contributed by atoms with Crippen LogP contribution in [0.15, 0.2) is 12.3 Å². The van der Waals surface area contributed by atoms with Crippen LogP contribution in [-0.4, -0.2) is 9.78 Å². The molecule has 2 rings (SSSR count). The van der Waals surface area contributed by atoms with Crippen molar-refractivity contribution in [2.45, 2.75) is 78.2 Å². The third-order valence-electron chi connectivity index (χ3n) is 5.26. The van der Waals surface area contributed by atoms with Gasteiger partial charge in [-0.1, -0.05) is 40.0 Å². The van der Waals surface area contributed by atoms with E-state index in [1.165, 1.54) is 19.3 Å². The summed E-state index contributed by atoms with van der Waals surface area (Å²) in [4.78, 5) is 0. The molecule has 0 aliphatic heterocycles. The Labute approximate surface area is 129 Å². The SMILES string of the molecule is CCC1CCCC(C#N)(Cc2ccn(C(CC)CC)n2)C1. The predicted molar refractivity (Wildman–Crippen MR) is 85.8 cm³/mol. The molecule has 1 aromatic heterocycles. The van der Waals surface area contributed by atoms with E-state index in [2.05, 4.69) is 43.8 Å². The average molecular weight is 287 g/mol. The summed E-state index contributed by atoms with van der Waals surface area (Å²) in [5.41, 5.74) is 0.923. The highest BCUT2D eigenvalue weighted by molar-refractivity contribution is 5.12. The van der Waals surface area contributed by atoms with Gasteiger partial charge in [-0.3, -0.25) is 4.68 Å². The van der Waals surface area contributed by atoms with Gasteiger partial charge in [-0.15, -0.1) is 0 Å². The van der Waals surface area contributed by atoms with E-state index in [4.69, 9.17) is 5.10 Å². The highest BCUT2D eigenvalue weighted by Crippen LogP contribution is 2.42. The molecule has 0 amide bonds. The minimum atomic E-state index is -0.175. The maximum absolute atomic E-state index is 9.74. The molecule has 2 unspecified atom stereocenters. The first-order valence-corrected chi connectivity index (χ1v) is 8.61. The van der Waals surface area contributed by atoms with Gasteiger partial charge in [0, 0.05) is 12.6 Å². The smallest absolute Gasteiger partial charge is 0.0693 e. The Morgan fingerprint density at radius 1 is 1.43 bits per heavy atom. The molecule has 1 heterocycles. The average Bonchev–Trinajstić information content (AvgIpc) is 2.97. The fourth-order valence-electron chi connectivity index (χ4n) is 3.82. The Kier molecular flexibility index (Phi) is 5.45. The Morgan fingerprint density at radius 3 is 2.81 bits per heavy atom. The first-order chi connectivity index (χ1) is 10.2. The summed E-state index contributed by atoms with van der Waals surface area (Å²) in [7, 11) is 0. The van der Waals surface area contributed by atoms with Crippen molar-refractivity contribution in [2.24, 2.45) is 11.3 Å². The van der Waals surface area contributed by atoms with Crippen LogP contribution in [0, 0.1) is 22.7 Å². The van der Waals surface area contributed by atoms with E-state index in [9.17, 15) is 5.26 Å². The Bertz CT molecular complexity index is 481. The van der Waals surface area contributed by atoms with Crippen molar-refractivity contribution in [1.29, 1.82) is 5.26 Å². The molecular weight excluding hydrogens is 258 g/mol. The molecule has 0 N–H and O–H groups in total. The zero-order chi connectivity index (χ0) is 15.3. The van der Waals surface area contributed by atoms with Crippen molar-refractivity contribution in [1.82, 2.24) is 9.78 Å². The Balaban J connectivity index is 2.10. The monoisotopic (exact) mass is 287 g/mol. The standard InChI is InChI=1S/C18H29N3/c1-4-15-8-7-10-18(12-15,14-19)13-16-9-11-21(20-16)17(5-2)6-3/h9,11,15,17H,4-8,10,12-13H2,1-3H3. The first-order valence-electron chi connectivity index (χ1n) is 8.61. The molecule has 1 aliphatic rings. The van der Waals surface area contributed by atoms with Crippen LogP contribution in [0.2, 0.25) is 0 Å². The van der Waals surface area contributed by atoms with Crippen LogP contribution in [0.25, 0.3) is 0 Å². The third kappa shape index (κ3) is 3.67. The van der Waals surface area contributed by atoms with Gasteiger partial charge in [-0.2, -0.15) is 10.4 Å². The molecule has 1 aliphatic carbocycles. The highest BCUT2D eigenvalue weighted by Gasteiger charge is 2.36. The van der Waals surface area contributed by atoms with E-state index in [0.717, 1.165) is 43.7 Å². The van der Waals surface area contributed by atoms with Gasteiger partial charge in [0.1, 0.15) is 0 Å².